The molecule has 4 rings (SSSR count). The van der Waals surface area contributed by atoms with Crippen LogP contribution in [0.2, 0.25) is 0 Å². The van der Waals surface area contributed by atoms with Crippen molar-refractivity contribution in [2.45, 2.75) is 6.10 Å². The van der Waals surface area contributed by atoms with Gasteiger partial charge in [-0.25, -0.2) is 0 Å². The van der Waals surface area contributed by atoms with E-state index in [-0.39, 0.29) is 0 Å². The number of fused-ring (bicyclic) bond motifs is 1. The van der Waals surface area contributed by atoms with Crippen LogP contribution in [0.4, 0.5) is 16.5 Å². The summed E-state index contributed by atoms with van der Waals surface area (Å²) in [6.07, 6.45) is 3.28. The van der Waals surface area contributed by atoms with Crippen molar-refractivity contribution in [1.82, 2.24) is 25.4 Å². The monoisotopic (exact) mass is 397 g/mol. The van der Waals surface area contributed by atoms with E-state index in [1.807, 2.05) is 18.2 Å². The molecule has 0 bridgehead atoms. The number of nitrogens with zero attached hydrogens (tertiary/aromatic N) is 4. The number of pyridine rings is 1. The maximum atomic E-state index is 11.7. The summed E-state index contributed by atoms with van der Waals surface area (Å²) in [4.78, 5) is 15.8. The summed E-state index contributed by atoms with van der Waals surface area (Å²) in [5.74, 6) is -0.712. The van der Waals surface area contributed by atoms with Gasteiger partial charge in [-0.15, -0.1) is 10.2 Å². The highest BCUT2D eigenvalue weighted by molar-refractivity contribution is 7.18. The summed E-state index contributed by atoms with van der Waals surface area (Å²) in [5.41, 5.74) is 2.84. The van der Waals surface area contributed by atoms with Crippen LogP contribution in [-0.2, 0) is 4.79 Å². The second-order valence-corrected chi connectivity index (χ2v) is 6.84. The van der Waals surface area contributed by atoms with Gasteiger partial charge in [0.25, 0.3) is 5.91 Å². The smallest absolute Gasteiger partial charge is 0.255 e. The molecule has 0 fully saturated rings. The lowest BCUT2D eigenvalue weighted by atomic mass is 10.2. The molecule has 28 heavy (non-hydrogen) atoms. The summed E-state index contributed by atoms with van der Waals surface area (Å²) in [5, 5.41) is 41.2. The Bertz CT molecular complexity index is 1130. The molecule has 0 saturated carbocycles. The number of amides is 1. The molecule has 0 aliphatic rings. The Morgan fingerprint density at radius 3 is 2.93 bits per heavy atom. The van der Waals surface area contributed by atoms with Gasteiger partial charge in [0.2, 0.25) is 5.13 Å². The van der Waals surface area contributed by atoms with Crippen LogP contribution in [0.15, 0.2) is 42.9 Å². The summed E-state index contributed by atoms with van der Waals surface area (Å²) < 4.78 is 0. The molecular formula is C17H15N7O3S. The SMILES string of the molecule is O=C(Nc1cncc(-c2nnc(Nc3ccc4[nH]ncc4c3)s2)c1)C(O)CO. The van der Waals surface area contributed by atoms with Crippen LogP contribution in [0, 0.1) is 0 Å². The molecule has 3 heterocycles. The Labute approximate surface area is 162 Å². The molecule has 3 aromatic heterocycles. The van der Waals surface area contributed by atoms with E-state index < -0.39 is 18.6 Å². The third-order valence-corrected chi connectivity index (χ3v) is 4.73. The molecule has 1 amide bonds. The van der Waals surface area contributed by atoms with Crippen LogP contribution in [0.5, 0.6) is 0 Å². The molecule has 1 atom stereocenters. The van der Waals surface area contributed by atoms with E-state index in [0.29, 0.717) is 21.4 Å². The number of aromatic nitrogens is 5. The third-order valence-electron chi connectivity index (χ3n) is 3.84. The Kier molecular flexibility index (Phi) is 4.93. The van der Waals surface area contributed by atoms with Gasteiger partial charge in [-0.1, -0.05) is 11.3 Å². The number of H-pyrrole nitrogens is 1. The van der Waals surface area contributed by atoms with Gasteiger partial charge >= 0.3 is 0 Å². The van der Waals surface area contributed by atoms with Crippen LogP contribution in [0.25, 0.3) is 21.5 Å². The molecule has 1 aromatic carbocycles. The molecular weight excluding hydrogens is 382 g/mol. The van der Waals surface area contributed by atoms with Crippen LogP contribution < -0.4 is 10.6 Å². The number of aliphatic hydroxyl groups is 2. The number of rotatable bonds is 6. The second kappa shape index (κ2) is 7.68. The van der Waals surface area contributed by atoms with Crippen molar-refractivity contribution in [3.63, 3.8) is 0 Å². The lowest BCUT2D eigenvalue weighted by Gasteiger charge is -2.08. The van der Waals surface area contributed by atoms with Gasteiger partial charge in [0.05, 0.1) is 30.2 Å². The third kappa shape index (κ3) is 3.81. The van der Waals surface area contributed by atoms with Crippen molar-refractivity contribution in [3.8, 4) is 10.6 Å². The molecule has 0 aliphatic heterocycles. The number of benzene rings is 1. The largest absolute Gasteiger partial charge is 0.393 e. The fourth-order valence-corrected chi connectivity index (χ4v) is 3.21. The van der Waals surface area contributed by atoms with Gasteiger partial charge in [-0.05, 0) is 24.3 Å². The summed E-state index contributed by atoms with van der Waals surface area (Å²) in [7, 11) is 0. The lowest BCUT2D eigenvalue weighted by Crippen LogP contribution is -2.30. The van der Waals surface area contributed by atoms with Crippen LogP contribution in [0.3, 0.4) is 0 Å². The fraction of sp³-hybridized carbons (Fsp3) is 0.118. The zero-order valence-corrected chi connectivity index (χ0v) is 15.1. The van der Waals surface area contributed by atoms with E-state index in [1.54, 1.807) is 18.5 Å². The number of aromatic amines is 1. The summed E-state index contributed by atoms with van der Waals surface area (Å²) in [6.45, 7) is -0.658. The highest BCUT2D eigenvalue weighted by atomic mass is 32.1. The predicted octanol–water partition coefficient (Wildman–Crippen LogP) is 1.51. The minimum Gasteiger partial charge on any atom is -0.393 e. The Hall–Kier alpha value is -3.41. The van der Waals surface area contributed by atoms with Crippen LogP contribution in [-0.4, -0.2) is 54.2 Å². The van der Waals surface area contributed by atoms with Crippen molar-refractivity contribution < 1.29 is 15.0 Å². The molecule has 10 nitrogen and oxygen atoms in total. The molecule has 0 saturated heterocycles. The van der Waals surface area contributed by atoms with Crippen LogP contribution >= 0.6 is 11.3 Å². The zero-order valence-electron chi connectivity index (χ0n) is 14.3. The van der Waals surface area contributed by atoms with E-state index in [1.165, 1.54) is 17.5 Å². The van der Waals surface area contributed by atoms with Gasteiger partial charge in [0.1, 0.15) is 0 Å². The number of nitrogens with one attached hydrogen (secondary N) is 3. The fourth-order valence-electron chi connectivity index (χ4n) is 2.47. The first kappa shape index (κ1) is 18.0. The second-order valence-electron chi connectivity index (χ2n) is 5.86. The first-order chi connectivity index (χ1) is 13.6. The molecule has 0 radical (unpaired) electrons. The summed E-state index contributed by atoms with van der Waals surface area (Å²) in [6, 6.07) is 7.44. The number of hydrogen-bond acceptors (Lipinski definition) is 9. The van der Waals surface area contributed by atoms with Gasteiger partial charge < -0.3 is 20.8 Å². The van der Waals surface area contributed by atoms with Gasteiger partial charge in [0, 0.05) is 22.8 Å². The first-order valence-corrected chi connectivity index (χ1v) is 9.03. The average Bonchev–Trinajstić information content (AvgIpc) is 3.36. The van der Waals surface area contributed by atoms with Crippen LogP contribution in [0.1, 0.15) is 0 Å². The van der Waals surface area contributed by atoms with Crippen molar-refractivity contribution in [3.05, 3.63) is 42.9 Å². The van der Waals surface area contributed by atoms with E-state index >= 15 is 0 Å². The number of aliphatic hydroxyl groups excluding tert-OH is 2. The normalized spacial score (nSPS) is 12.1. The molecule has 142 valence electrons. The number of carbonyl (C=O) groups is 1. The first-order valence-electron chi connectivity index (χ1n) is 8.21. The molecule has 11 heteroatoms. The Morgan fingerprint density at radius 2 is 2.07 bits per heavy atom. The number of hydrogen-bond donors (Lipinski definition) is 5. The molecule has 1 unspecified atom stereocenters. The summed E-state index contributed by atoms with van der Waals surface area (Å²) >= 11 is 1.33. The molecule has 0 aliphatic carbocycles. The van der Waals surface area contributed by atoms with Crippen molar-refractivity contribution in [2.75, 3.05) is 17.2 Å². The number of carbonyl (C=O) groups excluding carboxylic acids is 1. The topological polar surface area (TPSA) is 149 Å². The maximum Gasteiger partial charge on any atom is 0.255 e. The van der Waals surface area contributed by atoms with Crippen molar-refractivity contribution in [1.29, 1.82) is 0 Å². The van der Waals surface area contributed by atoms with Gasteiger partial charge in [0.15, 0.2) is 11.1 Å². The Morgan fingerprint density at radius 1 is 1.18 bits per heavy atom. The number of anilines is 3. The van der Waals surface area contributed by atoms with E-state index in [4.69, 9.17) is 5.11 Å². The highest BCUT2D eigenvalue weighted by Crippen LogP contribution is 2.29. The maximum absolute atomic E-state index is 11.7. The van der Waals surface area contributed by atoms with E-state index in [9.17, 15) is 9.90 Å². The van der Waals surface area contributed by atoms with Crippen molar-refractivity contribution in [2.24, 2.45) is 0 Å². The minimum absolute atomic E-state index is 0.380. The average molecular weight is 397 g/mol. The van der Waals surface area contributed by atoms with E-state index in [2.05, 4.69) is 36.0 Å². The Balaban J connectivity index is 1.50. The standard InChI is InChI=1S/C17H15N7O3S/c25-8-14(26)15(27)20-12-4-10(5-18-7-12)16-23-24-17(28-16)21-11-1-2-13-9(3-11)6-19-22-13/h1-7,14,25-26H,8H2,(H,19,22)(H,20,27)(H,21,24). The van der Waals surface area contributed by atoms with Gasteiger partial charge in [-0.3, -0.25) is 14.9 Å². The zero-order chi connectivity index (χ0) is 19.5. The molecule has 4 aromatic rings. The van der Waals surface area contributed by atoms with Gasteiger partial charge in [-0.2, -0.15) is 5.10 Å². The minimum atomic E-state index is -1.49. The van der Waals surface area contributed by atoms with Crippen molar-refractivity contribution >= 4 is 44.7 Å². The lowest BCUT2D eigenvalue weighted by molar-refractivity contribution is -0.125. The predicted molar refractivity (Wildman–Crippen MR) is 104 cm³/mol. The molecule has 0 spiro atoms. The molecule has 5 N–H and O–H groups in total. The van der Waals surface area contributed by atoms with E-state index in [0.717, 1.165) is 16.6 Å². The quantitative estimate of drug-likeness (QED) is 0.329. The highest BCUT2D eigenvalue weighted by Gasteiger charge is 2.15.